The minimum absolute atomic E-state index is 0.222. The zero-order valence-electron chi connectivity index (χ0n) is 13.8. The molecule has 0 saturated carbocycles. The maximum Gasteiger partial charge on any atom is 0.277 e. The van der Waals surface area contributed by atoms with E-state index in [9.17, 15) is 0 Å². The molecule has 4 aromatic rings. The summed E-state index contributed by atoms with van der Waals surface area (Å²) in [5, 5.41) is 14.4. The molecule has 1 aromatic carbocycles. The summed E-state index contributed by atoms with van der Waals surface area (Å²) < 4.78 is 16.5. The van der Waals surface area contributed by atoms with Gasteiger partial charge < -0.3 is 13.7 Å². The van der Waals surface area contributed by atoms with Gasteiger partial charge in [-0.3, -0.25) is 0 Å². The fourth-order valence-corrected chi connectivity index (χ4v) is 3.41. The summed E-state index contributed by atoms with van der Waals surface area (Å²) in [5.74, 6) is 2.74. The van der Waals surface area contributed by atoms with Crippen molar-refractivity contribution < 1.29 is 13.7 Å². The van der Waals surface area contributed by atoms with Crippen LogP contribution >= 0.6 is 23.1 Å². The summed E-state index contributed by atoms with van der Waals surface area (Å²) in [7, 11) is 0. The average molecular weight is 386 g/mol. The summed E-state index contributed by atoms with van der Waals surface area (Å²) in [6.45, 7) is 2.23. The summed E-state index contributed by atoms with van der Waals surface area (Å²) in [6.07, 6.45) is 0. The van der Waals surface area contributed by atoms with Crippen LogP contribution in [0.2, 0.25) is 0 Å². The molecule has 9 heteroatoms. The molecule has 3 aromatic heterocycles. The molecule has 0 amide bonds. The van der Waals surface area contributed by atoms with E-state index in [1.165, 1.54) is 11.8 Å². The lowest BCUT2D eigenvalue weighted by atomic mass is 10.2. The Morgan fingerprint density at radius 1 is 1.15 bits per heavy atom. The third-order valence-corrected chi connectivity index (χ3v) is 5.00. The standard InChI is InChI=1S/C17H14N4O3S2/c1-11-4-2-5-12(8-11)22-9-14-19-20-17(23-14)26-10-15-18-16(21-24-15)13-6-3-7-25-13/h2-8H,9-10H2,1H3. The van der Waals surface area contributed by atoms with Gasteiger partial charge in [-0.2, -0.15) is 4.98 Å². The molecule has 132 valence electrons. The van der Waals surface area contributed by atoms with Crippen molar-refractivity contribution in [1.29, 1.82) is 0 Å². The van der Waals surface area contributed by atoms with Crippen LogP contribution in [-0.4, -0.2) is 20.3 Å². The van der Waals surface area contributed by atoms with Crippen LogP contribution in [0, 0.1) is 6.92 Å². The predicted molar refractivity (Wildman–Crippen MR) is 97.0 cm³/mol. The molecule has 0 aliphatic carbocycles. The first kappa shape index (κ1) is 16.8. The van der Waals surface area contributed by atoms with Gasteiger partial charge in [0.25, 0.3) is 11.1 Å². The van der Waals surface area contributed by atoms with Crippen LogP contribution in [0.5, 0.6) is 5.75 Å². The monoisotopic (exact) mass is 386 g/mol. The largest absolute Gasteiger partial charge is 0.484 e. The highest BCUT2D eigenvalue weighted by Gasteiger charge is 2.13. The number of thioether (sulfide) groups is 1. The van der Waals surface area contributed by atoms with Gasteiger partial charge in [0, 0.05) is 0 Å². The number of rotatable bonds is 7. The van der Waals surface area contributed by atoms with Crippen LogP contribution in [0.1, 0.15) is 17.3 Å². The fraction of sp³-hybridized carbons (Fsp3) is 0.176. The molecule has 0 aliphatic heterocycles. The molecular weight excluding hydrogens is 372 g/mol. The third kappa shape index (κ3) is 4.12. The van der Waals surface area contributed by atoms with E-state index in [-0.39, 0.29) is 6.61 Å². The molecule has 0 unspecified atom stereocenters. The zero-order chi connectivity index (χ0) is 17.8. The third-order valence-electron chi connectivity index (χ3n) is 3.33. The maximum absolute atomic E-state index is 5.65. The topological polar surface area (TPSA) is 87.1 Å². The highest BCUT2D eigenvalue weighted by molar-refractivity contribution is 7.98. The zero-order valence-corrected chi connectivity index (χ0v) is 15.4. The van der Waals surface area contributed by atoms with Crippen molar-refractivity contribution in [2.45, 2.75) is 24.5 Å². The Balaban J connectivity index is 1.31. The second-order valence-corrected chi connectivity index (χ2v) is 7.22. The molecule has 0 aliphatic rings. The van der Waals surface area contributed by atoms with Crippen LogP contribution < -0.4 is 4.74 Å². The van der Waals surface area contributed by atoms with E-state index in [1.807, 2.05) is 48.7 Å². The summed E-state index contributed by atoms with van der Waals surface area (Å²) >= 11 is 2.91. The maximum atomic E-state index is 5.65. The molecule has 0 saturated heterocycles. The Bertz CT molecular complexity index is 981. The van der Waals surface area contributed by atoms with Gasteiger partial charge in [-0.25, -0.2) is 0 Å². The van der Waals surface area contributed by atoms with E-state index in [4.69, 9.17) is 13.7 Å². The summed E-state index contributed by atoms with van der Waals surface area (Å²) in [5.41, 5.74) is 1.13. The van der Waals surface area contributed by atoms with Crippen molar-refractivity contribution >= 4 is 23.1 Å². The Morgan fingerprint density at radius 3 is 2.96 bits per heavy atom. The average Bonchev–Trinajstić information content (AvgIpc) is 3.39. The second-order valence-electron chi connectivity index (χ2n) is 5.34. The molecular formula is C17H14N4O3S2. The quantitative estimate of drug-likeness (QED) is 0.433. The first-order chi connectivity index (χ1) is 12.8. The number of ether oxygens (including phenoxy) is 1. The van der Waals surface area contributed by atoms with Gasteiger partial charge >= 0.3 is 0 Å². The van der Waals surface area contributed by atoms with Gasteiger partial charge in [0.15, 0.2) is 6.61 Å². The van der Waals surface area contributed by atoms with Gasteiger partial charge in [-0.05, 0) is 36.1 Å². The lowest BCUT2D eigenvalue weighted by Gasteiger charge is -2.03. The van der Waals surface area contributed by atoms with E-state index in [0.29, 0.717) is 28.6 Å². The SMILES string of the molecule is Cc1cccc(OCc2nnc(SCc3nc(-c4cccs4)no3)o2)c1. The Hall–Kier alpha value is -2.65. The summed E-state index contributed by atoms with van der Waals surface area (Å²) in [4.78, 5) is 5.33. The van der Waals surface area contributed by atoms with Crippen molar-refractivity contribution in [2.24, 2.45) is 0 Å². The predicted octanol–water partition coefficient (Wildman–Crippen LogP) is 4.36. The number of thiophene rings is 1. The fourth-order valence-electron chi connectivity index (χ4n) is 2.15. The van der Waals surface area contributed by atoms with Crippen LogP contribution in [0.25, 0.3) is 10.7 Å². The minimum Gasteiger partial charge on any atom is -0.484 e. The summed E-state index contributed by atoms with van der Waals surface area (Å²) in [6, 6.07) is 11.7. The van der Waals surface area contributed by atoms with E-state index in [0.717, 1.165) is 16.2 Å². The molecule has 0 fully saturated rings. The number of hydrogen-bond donors (Lipinski definition) is 0. The molecule has 0 atom stereocenters. The molecule has 0 radical (unpaired) electrons. The molecule has 7 nitrogen and oxygen atoms in total. The van der Waals surface area contributed by atoms with E-state index >= 15 is 0 Å². The second kappa shape index (κ2) is 7.71. The van der Waals surface area contributed by atoms with Gasteiger partial charge in [-0.15, -0.1) is 21.5 Å². The molecule has 0 bridgehead atoms. The van der Waals surface area contributed by atoms with Crippen molar-refractivity contribution in [2.75, 3.05) is 0 Å². The molecule has 26 heavy (non-hydrogen) atoms. The smallest absolute Gasteiger partial charge is 0.277 e. The highest BCUT2D eigenvalue weighted by Crippen LogP contribution is 2.25. The number of aromatic nitrogens is 4. The van der Waals surface area contributed by atoms with Gasteiger partial charge in [-0.1, -0.05) is 35.1 Å². The van der Waals surface area contributed by atoms with Crippen molar-refractivity contribution in [3.8, 4) is 16.5 Å². The number of hydrogen-bond acceptors (Lipinski definition) is 9. The van der Waals surface area contributed by atoms with Gasteiger partial charge in [0.05, 0.1) is 10.6 Å². The normalized spacial score (nSPS) is 11.0. The van der Waals surface area contributed by atoms with E-state index in [1.54, 1.807) is 11.3 Å². The molecule has 3 heterocycles. The van der Waals surface area contributed by atoms with Crippen LogP contribution in [0.3, 0.4) is 0 Å². The molecule has 4 rings (SSSR count). The van der Waals surface area contributed by atoms with Crippen molar-refractivity contribution in [3.63, 3.8) is 0 Å². The lowest BCUT2D eigenvalue weighted by Crippen LogP contribution is -1.95. The lowest BCUT2D eigenvalue weighted by molar-refractivity contribution is 0.252. The van der Waals surface area contributed by atoms with E-state index in [2.05, 4.69) is 20.3 Å². The molecule has 0 spiro atoms. The Labute approximate surface area is 157 Å². The highest BCUT2D eigenvalue weighted by atomic mass is 32.2. The van der Waals surface area contributed by atoms with Crippen LogP contribution in [0.15, 0.2) is 55.9 Å². The Morgan fingerprint density at radius 2 is 2.12 bits per heavy atom. The number of nitrogens with zero attached hydrogens (tertiary/aromatic N) is 4. The molecule has 0 N–H and O–H groups in total. The first-order valence-electron chi connectivity index (χ1n) is 7.77. The Kier molecular flexibility index (Phi) is 4.98. The first-order valence-corrected chi connectivity index (χ1v) is 9.64. The van der Waals surface area contributed by atoms with Crippen LogP contribution in [-0.2, 0) is 12.4 Å². The number of benzene rings is 1. The number of aryl methyl sites for hydroxylation is 1. The van der Waals surface area contributed by atoms with E-state index < -0.39 is 0 Å². The van der Waals surface area contributed by atoms with Crippen molar-refractivity contribution in [1.82, 2.24) is 20.3 Å². The van der Waals surface area contributed by atoms with Gasteiger partial charge in [0.1, 0.15) is 5.75 Å². The van der Waals surface area contributed by atoms with Gasteiger partial charge in [0.2, 0.25) is 11.7 Å². The van der Waals surface area contributed by atoms with Crippen LogP contribution in [0.4, 0.5) is 0 Å². The minimum atomic E-state index is 0.222. The van der Waals surface area contributed by atoms with Crippen molar-refractivity contribution in [3.05, 3.63) is 59.1 Å².